The number of aryl methyl sites for hydroxylation is 1. The Morgan fingerprint density at radius 1 is 1.00 bits per heavy atom. The van der Waals surface area contributed by atoms with Crippen LogP contribution in [0.2, 0.25) is 0 Å². The molecule has 2 aromatic carbocycles. The monoisotopic (exact) mass is 325 g/mol. The van der Waals surface area contributed by atoms with Gasteiger partial charge < -0.3 is 14.2 Å². The van der Waals surface area contributed by atoms with Crippen molar-refractivity contribution in [3.63, 3.8) is 0 Å². The van der Waals surface area contributed by atoms with Gasteiger partial charge in [-0.1, -0.05) is 6.07 Å². The lowest BCUT2D eigenvalue weighted by Gasteiger charge is -2.14. The van der Waals surface area contributed by atoms with Crippen molar-refractivity contribution in [3.05, 3.63) is 53.1 Å². The van der Waals surface area contributed by atoms with Gasteiger partial charge in [0.25, 0.3) is 0 Å². The molecule has 2 aromatic rings. The van der Waals surface area contributed by atoms with Crippen LogP contribution in [-0.2, 0) is 0 Å². The molecule has 0 bridgehead atoms. The van der Waals surface area contributed by atoms with E-state index < -0.39 is 5.92 Å². The molecule has 0 heterocycles. The van der Waals surface area contributed by atoms with Gasteiger partial charge in [-0.25, -0.2) is 0 Å². The van der Waals surface area contributed by atoms with Crippen LogP contribution in [-0.4, -0.2) is 27.1 Å². The zero-order valence-corrected chi connectivity index (χ0v) is 14.1. The minimum Gasteiger partial charge on any atom is -0.497 e. The third-order valence-electron chi connectivity index (χ3n) is 3.72. The second-order valence-electron chi connectivity index (χ2n) is 5.28. The number of benzene rings is 2. The summed E-state index contributed by atoms with van der Waals surface area (Å²) >= 11 is 0. The van der Waals surface area contributed by atoms with E-state index in [2.05, 4.69) is 6.07 Å². The molecule has 5 nitrogen and oxygen atoms in total. The average molecular weight is 325 g/mol. The molecule has 0 spiro atoms. The van der Waals surface area contributed by atoms with Crippen LogP contribution >= 0.6 is 0 Å². The highest BCUT2D eigenvalue weighted by Crippen LogP contribution is 2.31. The molecule has 124 valence electrons. The van der Waals surface area contributed by atoms with Gasteiger partial charge in [0.2, 0.25) is 0 Å². The Morgan fingerprint density at radius 3 is 2.12 bits per heavy atom. The second-order valence-corrected chi connectivity index (χ2v) is 5.28. The number of rotatable bonds is 6. The van der Waals surface area contributed by atoms with Gasteiger partial charge in [0.15, 0.2) is 5.78 Å². The average Bonchev–Trinajstić information content (AvgIpc) is 2.61. The Hall–Kier alpha value is -3.00. The van der Waals surface area contributed by atoms with E-state index in [1.165, 1.54) is 21.3 Å². The van der Waals surface area contributed by atoms with Gasteiger partial charge in [-0.2, -0.15) is 5.26 Å². The maximum absolute atomic E-state index is 12.9. The minimum absolute atomic E-state index is 0.329. The maximum atomic E-state index is 12.9. The Kier molecular flexibility index (Phi) is 5.43. The first-order valence-electron chi connectivity index (χ1n) is 7.35. The highest BCUT2D eigenvalue weighted by molar-refractivity contribution is 6.05. The van der Waals surface area contributed by atoms with Gasteiger partial charge >= 0.3 is 0 Å². The fourth-order valence-electron chi connectivity index (χ4n) is 2.44. The summed E-state index contributed by atoms with van der Waals surface area (Å²) < 4.78 is 15.7. The summed E-state index contributed by atoms with van der Waals surface area (Å²) in [5.74, 6) is 0.187. The summed E-state index contributed by atoms with van der Waals surface area (Å²) in [4.78, 5) is 12.9. The molecule has 0 radical (unpaired) electrons. The van der Waals surface area contributed by atoms with Crippen LogP contribution < -0.4 is 14.2 Å². The van der Waals surface area contributed by atoms with E-state index >= 15 is 0 Å². The van der Waals surface area contributed by atoms with Crippen molar-refractivity contribution in [2.24, 2.45) is 0 Å². The first-order chi connectivity index (χ1) is 11.5. The predicted octanol–water partition coefficient (Wildman–Crippen LogP) is 3.51. The number of ether oxygens (including phenoxy) is 3. The molecule has 0 saturated carbocycles. The van der Waals surface area contributed by atoms with E-state index in [1.54, 1.807) is 30.3 Å². The molecule has 2 rings (SSSR count). The van der Waals surface area contributed by atoms with Crippen LogP contribution in [0.3, 0.4) is 0 Å². The zero-order valence-electron chi connectivity index (χ0n) is 14.1. The molecule has 0 unspecified atom stereocenters. The summed E-state index contributed by atoms with van der Waals surface area (Å²) in [7, 11) is 4.54. The van der Waals surface area contributed by atoms with Crippen LogP contribution in [0.4, 0.5) is 0 Å². The fourth-order valence-corrected chi connectivity index (χ4v) is 2.44. The third-order valence-corrected chi connectivity index (χ3v) is 3.72. The van der Waals surface area contributed by atoms with Crippen molar-refractivity contribution in [3.8, 4) is 23.3 Å². The van der Waals surface area contributed by atoms with Crippen LogP contribution in [0.15, 0.2) is 36.4 Å². The number of carbonyl (C=O) groups is 1. The van der Waals surface area contributed by atoms with Gasteiger partial charge in [-0.15, -0.1) is 0 Å². The molecule has 0 fully saturated rings. The molecule has 0 aliphatic carbocycles. The van der Waals surface area contributed by atoms with Gasteiger partial charge in [-0.3, -0.25) is 4.79 Å². The van der Waals surface area contributed by atoms with Crippen LogP contribution in [0.5, 0.6) is 17.2 Å². The van der Waals surface area contributed by atoms with E-state index in [4.69, 9.17) is 14.2 Å². The van der Waals surface area contributed by atoms with E-state index in [9.17, 15) is 10.1 Å². The van der Waals surface area contributed by atoms with Crippen molar-refractivity contribution < 1.29 is 19.0 Å². The lowest BCUT2D eigenvalue weighted by atomic mass is 9.90. The fraction of sp³-hybridized carbons (Fsp3) is 0.263. The molecule has 24 heavy (non-hydrogen) atoms. The summed E-state index contributed by atoms with van der Waals surface area (Å²) in [6.45, 7) is 1.91. The first kappa shape index (κ1) is 17.4. The Morgan fingerprint density at radius 2 is 1.62 bits per heavy atom. The summed E-state index contributed by atoms with van der Waals surface area (Å²) in [5, 5.41) is 9.56. The molecule has 0 saturated heterocycles. The Balaban J connectivity index is 2.49. The van der Waals surface area contributed by atoms with Crippen molar-refractivity contribution in [2.75, 3.05) is 21.3 Å². The third kappa shape index (κ3) is 3.49. The second kappa shape index (κ2) is 7.51. The molecule has 5 heteroatoms. The van der Waals surface area contributed by atoms with Crippen molar-refractivity contribution in [1.29, 1.82) is 5.26 Å². The van der Waals surface area contributed by atoms with Gasteiger partial charge in [0.1, 0.15) is 23.2 Å². The van der Waals surface area contributed by atoms with E-state index in [-0.39, 0.29) is 5.78 Å². The summed E-state index contributed by atoms with van der Waals surface area (Å²) in [5.41, 5.74) is 1.86. The highest BCUT2D eigenvalue weighted by atomic mass is 16.5. The number of nitriles is 1. The number of nitrogens with zero attached hydrogens (tertiary/aromatic N) is 1. The molecule has 0 aromatic heterocycles. The standard InChI is InChI=1S/C19H19NO4/c1-12-5-6-16(18(7-12)24-4)19(21)17(11-20)13-8-14(22-2)10-15(9-13)23-3/h5-10,17H,1-4H3/t17-/m0/s1. The molecule has 0 aliphatic rings. The van der Waals surface area contributed by atoms with Crippen molar-refractivity contribution in [2.45, 2.75) is 12.8 Å². The molecule has 0 N–H and O–H groups in total. The van der Waals surface area contributed by atoms with E-state index in [0.717, 1.165) is 5.56 Å². The number of ketones is 1. The predicted molar refractivity (Wildman–Crippen MR) is 90.0 cm³/mol. The zero-order chi connectivity index (χ0) is 17.7. The lowest BCUT2D eigenvalue weighted by Crippen LogP contribution is -2.13. The Labute approximate surface area is 141 Å². The highest BCUT2D eigenvalue weighted by Gasteiger charge is 2.25. The van der Waals surface area contributed by atoms with Gasteiger partial charge in [0.05, 0.1) is 33.0 Å². The maximum Gasteiger partial charge on any atom is 0.188 e. The lowest BCUT2D eigenvalue weighted by molar-refractivity contribution is 0.0976. The van der Waals surface area contributed by atoms with Crippen molar-refractivity contribution in [1.82, 2.24) is 0 Å². The van der Waals surface area contributed by atoms with Crippen LogP contribution in [0.1, 0.15) is 27.4 Å². The Bertz CT molecular complexity index is 770. The minimum atomic E-state index is -0.981. The number of methoxy groups -OCH3 is 3. The van der Waals surface area contributed by atoms with Crippen LogP contribution in [0.25, 0.3) is 0 Å². The number of hydrogen-bond acceptors (Lipinski definition) is 5. The van der Waals surface area contributed by atoms with Gasteiger partial charge in [0, 0.05) is 6.07 Å². The number of carbonyl (C=O) groups excluding carboxylic acids is 1. The topological polar surface area (TPSA) is 68.5 Å². The van der Waals surface area contributed by atoms with E-state index in [0.29, 0.717) is 28.4 Å². The molecule has 0 aliphatic heterocycles. The summed E-state index contributed by atoms with van der Waals surface area (Å²) in [6, 6.07) is 12.3. The normalized spacial score (nSPS) is 11.3. The summed E-state index contributed by atoms with van der Waals surface area (Å²) in [6.07, 6.45) is 0. The van der Waals surface area contributed by atoms with Crippen molar-refractivity contribution >= 4 is 5.78 Å². The quantitative estimate of drug-likeness (QED) is 0.760. The SMILES string of the molecule is COc1cc(OC)cc([C@H](C#N)C(=O)c2ccc(C)cc2OC)c1. The number of Topliss-reactive ketones (excluding diaryl/α,β-unsaturated/α-hetero) is 1. The molecular formula is C19H19NO4. The van der Waals surface area contributed by atoms with Gasteiger partial charge in [-0.05, 0) is 42.3 Å². The smallest absolute Gasteiger partial charge is 0.188 e. The number of hydrogen-bond donors (Lipinski definition) is 0. The molecule has 1 atom stereocenters. The molecule has 0 amide bonds. The van der Waals surface area contributed by atoms with E-state index in [1.807, 2.05) is 13.0 Å². The molecular weight excluding hydrogens is 306 g/mol. The van der Waals surface area contributed by atoms with Crippen LogP contribution in [0, 0.1) is 18.3 Å². The first-order valence-corrected chi connectivity index (χ1v) is 7.35. The largest absolute Gasteiger partial charge is 0.497 e.